The Balaban J connectivity index is 1.66. The van der Waals surface area contributed by atoms with Crippen LogP contribution in [0.2, 0.25) is 0 Å². The van der Waals surface area contributed by atoms with Crippen LogP contribution in [0.5, 0.6) is 11.6 Å². The van der Waals surface area contributed by atoms with Crippen molar-refractivity contribution >= 4 is 5.91 Å². The van der Waals surface area contributed by atoms with Gasteiger partial charge >= 0.3 is 0 Å². The van der Waals surface area contributed by atoms with Gasteiger partial charge in [0.1, 0.15) is 11.6 Å². The molecule has 8 heteroatoms. The van der Waals surface area contributed by atoms with Gasteiger partial charge in [-0.2, -0.15) is 4.68 Å². The van der Waals surface area contributed by atoms with Crippen LogP contribution in [0.4, 0.5) is 4.39 Å². The number of rotatable bonds is 9. The third-order valence-electron chi connectivity index (χ3n) is 4.47. The summed E-state index contributed by atoms with van der Waals surface area (Å²) >= 11 is 0. The lowest BCUT2D eigenvalue weighted by Gasteiger charge is -2.17. The first-order valence-corrected chi connectivity index (χ1v) is 10.0. The first-order chi connectivity index (χ1) is 15.0. The van der Waals surface area contributed by atoms with E-state index < -0.39 is 17.5 Å². The van der Waals surface area contributed by atoms with Gasteiger partial charge in [-0.25, -0.2) is 4.39 Å². The number of nitrogens with zero attached hydrogens (tertiary/aromatic N) is 2. The van der Waals surface area contributed by atoms with Crippen LogP contribution in [0, 0.1) is 5.82 Å². The molecule has 0 unspecified atom stereocenters. The highest BCUT2D eigenvalue weighted by Crippen LogP contribution is 2.13. The normalized spacial score (nSPS) is 11.6. The third kappa shape index (κ3) is 5.91. The van der Waals surface area contributed by atoms with E-state index in [1.165, 1.54) is 36.4 Å². The molecule has 0 saturated heterocycles. The second-order valence-electron chi connectivity index (χ2n) is 6.71. The molecule has 0 bridgehead atoms. The van der Waals surface area contributed by atoms with E-state index >= 15 is 0 Å². The van der Waals surface area contributed by atoms with Crippen molar-refractivity contribution in [1.82, 2.24) is 15.1 Å². The van der Waals surface area contributed by atoms with Crippen LogP contribution in [0.3, 0.4) is 0 Å². The Labute approximate surface area is 179 Å². The summed E-state index contributed by atoms with van der Waals surface area (Å²) in [6.07, 6.45) is -0.374. The summed E-state index contributed by atoms with van der Waals surface area (Å²) in [5.41, 5.74) is 0.923. The Morgan fingerprint density at radius 2 is 1.77 bits per heavy atom. The average Bonchev–Trinajstić information content (AvgIpc) is 2.78. The summed E-state index contributed by atoms with van der Waals surface area (Å²) in [4.78, 5) is 24.7. The molecule has 162 valence electrons. The molecular formula is C23H24FN3O4. The summed E-state index contributed by atoms with van der Waals surface area (Å²) < 4.78 is 25.4. The van der Waals surface area contributed by atoms with Gasteiger partial charge in [0.25, 0.3) is 11.5 Å². The van der Waals surface area contributed by atoms with Crippen molar-refractivity contribution in [3.8, 4) is 17.3 Å². The van der Waals surface area contributed by atoms with Crippen molar-refractivity contribution in [2.75, 3.05) is 6.61 Å². The number of ether oxygens (including phenoxy) is 2. The number of hydrogen-bond acceptors (Lipinski definition) is 5. The van der Waals surface area contributed by atoms with Gasteiger partial charge < -0.3 is 14.8 Å². The van der Waals surface area contributed by atoms with Gasteiger partial charge in [0, 0.05) is 18.7 Å². The number of amides is 1. The number of benzene rings is 2. The van der Waals surface area contributed by atoms with E-state index in [2.05, 4.69) is 10.4 Å². The van der Waals surface area contributed by atoms with E-state index in [0.717, 1.165) is 16.0 Å². The van der Waals surface area contributed by atoms with Crippen molar-refractivity contribution in [2.45, 2.75) is 32.9 Å². The largest absolute Gasteiger partial charge is 0.494 e. The van der Waals surface area contributed by atoms with Gasteiger partial charge in [-0.1, -0.05) is 19.1 Å². The van der Waals surface area contributed by atoms with Crippen LogP contribution in [0.15, 0.2) is 65.5 Å². The van der Waals surface area contributed by atoms with Crippen molar-refractivity contribution in [2.24, 2.45) is 0 Å². The zero-order valence-corrected chi connectivity index (χ0v) is 17.4. The summed E-state index contributed by atoms with van der Waals surface area (Å²) in [7, 11) is 0. The molecule has 3 aromatic rings. The highest BCUT2D eigenvalue weighted by molar-refractivity contribution is 5.81. The maximum Gasteiger partial charge on any atom is 0.271 e. The first-order valence-electron chi connectivity index (χ1n) is 10.0. The van der Waals surface area contributed by atoms with E-state index in [1.807, 2.05) is 38.1 Å². The molecule has 0 aliphatic rings. The highest BCUT2D eigenvalue weighted by Gasteiger charge is 2.19. The Kier molecular flexibility index (Phi) is 7.37. The van der Waals surface area contributed by atoms with Crippen molar-refractivity contribution in [3.05, 3.63) is 82.4 Å². The smallest absolute Gasteiger partial charge is 0.271 e. The molecule has 1 atom stereocenters. The lowest BCUT2D eigenvalue weighted by molar-refractivity contribution is -0.128. The number of carbonyl (C=O) groups is 1. The van der Waals surface area contributed by atoms with Gasteiger partial charge in [-0.05, 0) is 55.3 Å². The van der Waals surface area contributed by atoms with E-state index in [0.29, 0.717) is 25.3 Å². The maximum absolute atomic E-state index is 13.2. The number of carbonyl (C=O) groups excluding carboxylic acids is 1. The third-order valence-corrected chi connectivity index (χ3v) is 4.47. The number of nitrogens with one attached hydrogen (secondary N) is 1. The lowest BCUT2D eigenvalue weighted by Crippen LogP contribution is -2.38. The second kappa shape index (κ2) is 10.4. The van der Waals surface area contributed by atoms with Crippen molar-refractivity contribution < 1.29 is 18.7 Å². The van der Waals surface area contributed by atoms with Gasteiger partial charge in [0.05, 0.1) is 12.3 Å². The quantitative estimate of drug-likeness (QED) is 0.569. The van der Waals surface area contributed by atoms with E-state index in [4.69, 9.17) is 9.47 Å². The van der Waals surface area contributed by atoms with Crippen molar-refractivity contribution in [3.63, 3.8) is 0 Å². The molecule has 0 aliphatic carbocycles. The zero-order valence-electron chi connectivity index (χ0n) is 17.4. The van der Waals surface area contributed by atoms with Crippen molar-refractivity contribution in [1.29, 1.82) is 0 Å². The summed E-state index contributed by atoms with van der Waals surface area (Å²) in [5, 5.41) is 7.00. The minimum Gasteiger partial charge on any atom is -0.494 e. The highest BCUT2D eigenvalue weighted by atomic mass is 19.1. The van der Waals surface area contributed by atoms with Crippen LogP contribution in [0.25, 0.3) is 5.69 Å². The van der Waals surface area contributed by atoms with Crippen LogP contribution >= 0.6 is 0 Å². The van der Waals surface area contributed by atoms with Crippen LogP contribution < -0.4 is 20.3 Å². The molecule has 2 aromatic carbocycles. The standard InChI is InChI=1S/C23H24FN3O4/c1-3-20(23(29)25-15-16-5-11-19(12-6-16)30-4-2)31-21-13-14-22(28)27(26-21)18-9-7-17(24)8-10-18/h5-14,20H,3-4,15H2,1-2H3,(H,25,29)/t20-/m0/s1. The van der Waals surface area contributed by atoms with E-state index in [9.17, 15) is 14.0 Å². The fourth-order valence-electron chi connectivity index (χ4n) is 2.87. The summed E-state index contributed by atoms with van der Waals surface area (Å²) in [6, 6.07) is 15.5. The fraction of sp³-hybridized carbons (Fsp3) is 0.261. The molecular weight excluding hydrogens is 401 g/mol. The zero-order chi connectivity index (χ0) is 22.2. The Hall–Kier alpha value is -3.68. The van der Waals surface area contributed by atoms with Crippen LogP contribution in [-0.2, 0) is 11.3 Å². The molecule has 1 heterocycles. The van der Waals surface area contributed by atoms with Gasteiger partial charge in [0.2, 0.25) is 5.88 Å². The lowest BCUT2D eigenvalue weighted by atomic mass is 10.2. The Morgan fingerprint density at radius 3 is 2.42 bits per heavy atom. The Bertz CT molecular complexity index is 1070. The molecule has 3 rings (SSSR count). The maximum atomic E-state index is 13.2. The number of halogens is 1. The molecule has 31 heavy (non-hydrogen) atoms. The molecule has 1 N–H and O–H groups in total. The molecule has 1 aromatic heterocycles. The molecule has 7 nitrogen and oxygen atoms in total. The Morgan fingerprint density at radius 1 is 1.06 bits per heavy atom. The van der Waals surface area contributed by atoms with Crippen LogP contribution in [-0.4, -0.2) is 28.4 Å². The molecule has 1 amide bonds. The molecule has 0 aliphatic heterocycles. The molecule has 0 spiro atoms. The monoisotopic (exact) mass is 425 g/mol. The van der Waals surface area contributed by atoms with E-state index in [1.54, 1.807) is 0 Å². The predicted molar refractivity (Wildman–Crippen MR) is 114 cm³/mol. The molecule has 0 radical (unpaired) electrons. The van der Waals surface area contributed by atoms with E-state index in [-0.39, 0.29) is 11.8 Å². The minimum absolute atomic E-state index is 0.118. The van der Waals surface area contributed by atoms with Crippen LogP contribution in [0.1, 0.15) is 25.8 Å². The second-order valence-corrected chi connectivity index (χ2v) is 6.71. The van der Waals surface area contributed by atoms with Gasteiger partial charge in [-0.3, -0.25) is 9.59 Å². The minimum atomic E-state index is -0.783. The fourth-order valence-corrected chi connectivity index (χ4v) is 2.87. The average molecular weight is 425 g/mol. The predicted octanol–water partition coefficient (Wildman–Crippen LogP) is 3.24. The number of hydrogen-bond donors (Lipinski definition) is 1. The van der Waals surface area contributed by atoms with Gasteiger partial charge in [-0.15, -0.1) is 5.10 Å². The molecule has 0 saturated carbocycles. The first kappa shape index (κ1) is 22.0. The molecule has 0 fully saturated rings. The summed E-state index contributed by atoms with van der Waals surface area (Å²) in [5.74, 6) is 0.179. The summed E-state index contributed by atoms with van der Waals surface area (Å²) in [6.45, 7) is 4.67. The topological polar surface area (TPSA) is 82.5 Å². The SMILES string of the molecule is CCOc1ccc(CNC(=O)[C@H](CC)Oc2ccc(=O)n(-c3ccc(F)cc3)n2)cc1. The van der Waals surface area contributed by atoms with Gasteiger partial charge in [0.15, 0.2) is 6.10 Å². The number of aromatic nitrogens is 2.